The number of rotatable bonds is 3. The summed E-state index contributed by atoms with van der Waals surface area (Å²) in [6.07, 6.45) is 0. The van der Waals surface area contributed by atoms with E-state index in [2.05, 4.69) is 31.9 Å². The fourth-order valence-corrected chi connectivity index (χ4v) is 1.69. The van der Waals surface area contributed by atoms with Crippen LogP contribution in [0, 0.1) is 0 Å². The van der Waals surface area contributed by atoms with E-state index in [4.69, 9.17) is 5.11 Å². The zero-order valence-corrected chi connectivity index (χ0v) is 9.93. The number of benzene rings is 1. The smallest absolute Gasteiger partial charge is 0.335 e. The van der Waals surface area contributed by atoms with Crippen molar-refractivity contribution in [2.75, 3.05) is 0 Å². The second-order valence-corrected chi connectivity index (χ2v) is 3.73. The van der Waals surface area contributed by atoms with E-state index >= 15 is 0 Å². The first-order valence-corrected chi connectivity index (χ1v) is 5.89. The molecule has 0 atom stereocenters. The van der Waals surface area contributed by atoms with Crippen molar-refractivity contribution in [3.8, 4) is 0 Å². The molecule has 13 heavy (non-hydrogen) atoms. The standard InChI is InChI=1S/C9H8Br2O2/c10-4-6-1-7(5-11)3-8(2-6)9(12)13/h1-3H,4-5H2,(H,12,13). The molecule has 0 aliphatic carbocycles. The molecule has 1 aromatic rings. The highest BCUT2D eigenvalue weighted by molar-refractivity contribution is 9.08. The van der Waals surface area contributed by atoms with Gasteiger partial charge in [0.15, 0.2) is 0 Å². The molecular formula is C9H8Br2O2. The predicted octanol–water partition coefficient (Wildman–Crippen LogP) is 3.17. The molecule has 0 heterocycles. The lowest BCUT2D eigenvalue weighted by Crippen LogP contribution is -1.98. The lowest BCUT2D eigenvalue weighted by molar-refractivity contribution is 0.0696. The highest BCUT2D eigenvalue weighted by atomic mass is 79.9. The second-order valence-electron chi connectivity index (χ2n) is 2.61. The van der Waals surface area contributed by atoms with E-state index in [0.29, 0.717) is 16.2 Å². The Bertz CT molecular complexity index is 301. The maximum Gasteiger partial charge on any atom is 0.335 e. The zero-order chi connectivity index (χ0) is 9.84. The topological polar surface area (TPSA) is 37.3 Å². The molecule has 4 heteroatoms. The van der Waals surface area contributed by atoms with Crippen LogP contribution in [0.2, 0.25) is 0 Å². The van der Waals surface area contributed by atoms with Crippen molar-refractivity contribution in [3.05, 3.63) is 34.9 Å². The van der Waals surface area contributed by atoms with E-state index in [1.54, 1.807) is 12.1 Å². The lowest BCUT2D eigenvalue weighted by atomic mass is 10.1. The minimum atomic E-state index is -0.884. The molecule has 1 rings (SSSR count). The van der Waals surface area contributed by atoms with Gasteiger partial charge in [-0.1, -0.05) is 37.9 Å². The van der Waals surface area contributed by atoms with Gasteiger partial charge in [-0.15, -0.1) is 0 Å². The molecular weight excluding hydrogens is 300 g/mol. The van der Waals surface area contributed by atoms with Crippen molar-refractivity contribution in [1.29, 1.82) is 0 Å². The summed E-state index contributed by atoms with van der Waals surface area (Å²) in [5.41, 5.74) is 2.30. The first kappa shape index (κ1) is 10.7. The molecule has 1 N–H and O–H groups in total. The van der Waals surface area contributed by atoms with Gasteiger partial charge in [0.25, 0.3) is 0 Å². The summed E-state index contributed by atoms with van der Waals surface area (Å²) >= 11 is 6.59. The zero-order valence-electron chi connectivity index (χ0n) is 6.76. The average molecular weight is 308 g/mol. The number of carbonyl (C=O) groups is 1. The monoisotopic (exact) mass is 306 g/mol. The van der Waals surface area contributed by atoms with Crippen LogP contribution in [0.3, 0.4) is 0 Å². The van der Waals surface area contributed by atoms with Gasteiger partial charge in [0.1, 0.15) is 0 Å². The van der Waals surface area contributed by atoms with E-state index in [9.17, 15) is 4.79 Å². The Morgan fingerprint density at radius 2 is 1.62 bits per heavy atom. The fraction of sp³-hybridized carbons (Fsp3) is 0.222. The SMILES string of the molecule is O=C(O)c1cc(CBr)cc(CBr)c1. The first-order valence-electron chi connectivity index (χ1n) is 3.65. The van der Waals surface area contributed by atoms with Gasteiger partial charge in [-0.25, -0.2) is 4.79 Å². The Labute approximate surface area is 93.2 Å². The molecule has 70 valence electrons. The van der Waals surface area contributed by atoms with Crippen LogP contribution >= 0.6 is 31.9 Å². The molecule has 0 fully saturated rings. The number of aromatic carboxylic acids is 1. The maximum atomic E-state index is 10.7. The van der Waals surface area contributed by atoms with Crippen LogP contribution in [0.25, 0.3) is 0 Å². The number of hydrogen-bond donors (Lipinski definition) is 1. The number of carboxylic acids is 1. The lowest BCUT2D eigenvalue weighted by Gasteiger charge is -2.02. The van der Waals surface area contributed by atoms with Crippen LogP contribution in [-0.4, -0.2) is 11.1 Å². The van der Waals surface area contributed by atoms with Gasteiger partial charge in [0.2, 0.25) is 0 Å². The van der Waals surface area contributed by atoms with Gasteiger partial charge in [-0.05, 0) is 23.3 Å². The summed E-state index contributed by atoms with van der Waals surface area (Å²) in [5, 5.41) is 10.1. The minimum absolute atomic E-state index is 0.339. The number of carboxylic acid groups (broad SMARTS) is 1. The van der Waals surface area contributed by atoms with E-state index in [1.165, 1.54) is 0 Å². The van der Waals surface area contributed by atoms with Crippen molar-refractivity contribution in [3.63, 3.8) is 0 Å². The van der Waals surface area contributed by atoms with Gasteiger partial charge < -0.3 is 5.11 Å². The van der Waals surface area contributed by atoms with Gasteiger partial charge in [0.05, 0.1) is 5.56 Å². The number of halogens is 2. The number of alkyl halides is 2. The maximum absolute atomic E-state index is 10.7. The molecule has 1 aromatic carbocycles. The quantitative estimate of drug-likeness (QED) is 0.871. The summed E-state index contributed by atoms with van der Waals surface area (Å²) in [6, 6.07) is 5.31. The van der Waals surface area contributed by atoms with Crippen molar-refractivity contribution in [2.24, 2.45) is 0 Å². The molecule has 2 nitrogen and oxygen atoms in total. The molecule has 0 saturated carbocycles. The Morgan fingerprint density at radius 1 is 1.15 bits per heavy atom. The van der Waals surface area contributed by atoms with Crippen molar-refractivity contribution < 1.29 is 9.90 Å². The molecule has 0 amide bonds. The van der Waals surface area contributed by atoms with Crippen LogP contribution in [0.5, 0.6) is 0 Å². The third-order valence-electron chi connectivity index (χ3n) is 1.61. The molecule has 0 aliphatic rings. The van der Waals surface area contributed by atoms with Crippen molar-refractivity contribution >= 4 is 37.8 Å². The third kappa shape index (κ3) is 2.81. The van der Waals surface area contributed by atoms with E-state index < -0.39 is 5.97 Å². The summed E-state index contributed by atoms with van der Waals surface area (Å²) < 4.78 is 0. The van der Waals surface area contributed by atoms with Crippen LogP contribution in [0.1, 0.15) is 21.5 Å². The average Bonchev–Trinajstić information content (AvgIpc) is 2.16. The molecule has 0 bridgehead atoms. The second kappa shape index (κ2) is 4.77. The van der Waals surface area contributed by atoms with Gasteiger partial charge in [-0.3, -0.25) is 0 Å². The summed E-state index contributed by atoms with van der Waals surface area (Å²) in [7, 11) is 0. The van der Waals surface area contributed by atoms with Crippen molar-refractivity contribution in [2.45, 2.75) is 10.7 Å². The highest BCUT2D eigenvalue weighted by Crippen LogP contribution is 2.15. The Hall–Kier alpha value is -0.350. The largest absolute Gasteiger partial charge is 0.478 e. The molecule has 0 aliphatic heterocycles. The number of hydrogen-bond acceptors (Lipinski definition) is 1. The Kier molecular flexibility index (Phi) is 3.93. The molecule has 0 saturated heterocycles. The van der Waals surface area contributed by atoms with Gasteiger partial charge >= 0.3 is 5.97 Å². The molecule has 0 spiro atoms. The molecule has 0 aromatic heterocycles. The highest BCUT2D eigenvalue weighted by Gasteiger charge is 2.05. The Morgan fingerprint density at radius 3 is 1.92 bits per heavy atom. The third-order valence-corrected chi connectivity index (χ3v) is 2.90. The summed E-state index contributed by atoms with van der Waals surface area (Å²) in [6.45, 7) is 0. The van der Waals surface area contributed by atoms with Crippen LogP contribution in [0.15, 0.2) is 18.2 Å². The van der Waals surface area contributed by atoms with Gasteiger partial charge in [-0.2, -0.15) is 0 Å². The molecule has 0 unspecified atom stereocenters. The molecule has 0 radical (unpaired) electrons. The predicted molar refractivity (Wildman–Crippen MR) is 58.7 cm³/mol. The fourth-order valence-electron chi connectivity index (χ4n) is 1.04. The first-order chi connectivity index (χ1) is 6.17. The van der Waals surface area contributed by atoms with Crippen LogP contribution < -0.4 is 0 Å². The van der Waals surface area contributed by atoms with E-state index in [0.717, 1.165) is 11.1 Å². The van der Waals surface area contributed by atoms with Gasteiger partial charge in [0, 0.05) is 10.7 Å². The van der Waals surface area contributed by atoms with Crippen LogP contribution in [0.4, 0.5) is 0 Å². The van der Waals surface area contributed by atoms with E-state index in [1.807, 2.05) is 6.07 Å². The minimum Gasteiger partial charge on any atom is -0.478 e. The van der Waals surface area contributed by atoms with Crippen LogP contribution in [-0.2, 0) is 10.7 Å². The normalized spacial score (nSPS) is 10.0. The van der Waals surface area contributed by atoms with E-state index in [-0.39, 0.29) is 0 Å². The Balaban J connectivity index is 3.14. The van der Waals surface area contributed by atoms with Crippen molar-refractivity contribution in [1.82, 2.24) is 0 Å². The summed E-state index contributed by atoms with van der Waals surface area (Å²) in [4.78, 5) is 10.7. The summed E-state index contributed by atoms with van der Waals surface area (Å²) in [5.74, 6) is -0.884.